The summed E-state index contributed by atoms with van der Waals surface area (Å²) >= 11 is 1.22. The second kappa shape index (κ2) is 9.04. The van der Waals surface area contributed by atoms with Gasteiger partial charge in [0.15, 0.2) is 0 Å². The molecule has 1 saturated heterocycles. The maximum absolute atomic E-state index is 13.2. The lowest BCUT2D eigenvalue weighted by molar-refractivity contribution is -0.132. The molecule has 0 spiro atoms. The number of hydrogen-bond acceptors (Lipinski definition) is 4. The van der Waals surface area contributed by atoms with Crippen LogP contribution < -0.4 is 0 Å². The smallest absolute Gasteiger partial charge is 0.252 e. The number of piperidine rings is 1. The molecule has 1 aliphatic carbocycles. The van der Waals surface area contributed by atoms with Crippen molar-refractivity contribution < 1.29 is 13.2 Å². The van der Waals surface area contributed by atoms with E-state index in [-0.39, 0.29) is 18.4 Å². The number of fused-ring (bicyclic) bond motifs is 1. The van der Waals surface area contributed by atoms with Gasteiger partial charge in [0, 0.05) is 24.5 Å². The Morgan fingerprint density at radius 2 is 1.93 bits per heavy atom. The van der Waals surface area contributed by atoms with Crippen LogP contribution in [0.1, 0.15) is 47.7 Å². The van der Waals surface area contributed by atoms with Gasteiger partial charge < -0.3 is 4.90 Å². The molecule has 0 unspecified atom stereocenters. The third-order valence-electron chi connectivity index (χ3n) is 6.00. The Labute approximate surface area is 183 Å². The van der Waals surface area contributed by atoms with Gasteiger partial charge in [0.05, 0.1) is 12.5 Å². The summed E-state index contributed by atoms with van der Waals surface area (Å²) in [6, 6.07) is 11.8. The van der Waals surface area contributed by atoms with Crippen molar-refractivity contribution in [3.05, 3.63) is 65.1 Å². The van der Waals surface area contributed by atoms with Gasteiger partial charge in [-0.25, -0.2) is 8.42 Å². The maximum Gasteiger partial charge on any atom is 0.252 e. The fourth-order valence-corrected chi connectivity index (χ4v) is 7.49. The summed E-state index contributed by atoms with van der Waals surface area (Å²) in [6.07, 6.45) is 6.77. The number of aryl methyl sites for hydroxylation is 1. The van der Waals surface area contributed by atoms with Crippen LogP contribution in [0.5, 0.6) is 0 Å². The largest absolute Gasteiger partial charge is 0.332 e. The van der Waals surface area contributed by atoms with E-state index >= 15 is 0 Å². The quantitative estimate of drug-likeness (QED) is 0.603. The van der Waals surface area contributed by atoms with E-state index in [1.165, 1.54) is 22.5 Å². The van der Waals surface area contributed by atoms with Crippen molar-refractivity contribution in [2.75, 3.05) is 19.6 Å². The molecule has 5 nitrogen and oxygen atoms in total. The molecule has 0 N–H and O–H groups in total. The van der Waals surface area contributed by atoms with Crippen LogP contribution in [-0.2, 0) is 27.7 Å². The normalized spacial score (nSPS) is 19.4. The first kappa shape index (κ1) is 21.3. The van der Waals surface area contributed by atoms with E-state index < -0.39 is 10.0 Å². The highest BCUT2D eigenvalue weighted by Gasteiger charge is 2.31. The zero-order chi connectivity index (χ0) is 21.1. The fourth-order valence-electron chi connectivity index (χ4n) is 4.48. The predicted octanol–water partition coefficient (Wildman–Crippen LogP) is 4.17. The average Bonchev–Trinajstić information content (AvgIpc) is 3.40. The van der Waals surface area contributed by atoms with Crippen LogP contribution in [0.3, 0.4) is 0 Å². The van der Waals surface area contributed by atoms with Crippen molar-refractivity contribution in [3.63, 3.8) is 0 Å². The van der Waals surface area contributed by atoms with Crippen LogP contribution in [0.15, 0.2) is 53.3 Å². The van der Waals surface area contributed by atoms with Gasteiger partial charge in [-0.05, 0) is 48.9 Å². The summed E-state index contributed by atoms with van der Waals surface area (Å²) < 4.78 is 27.7. The van der Waals surface area contributed by atoms with E-state index in [0.29, 0.717) is 23.8 Å². The number of benzene rings is 1. The zero-order valence-corrected chi connectivity index (χ0v) is 18.8. The molecule has 2 heterocycles. The highest BCUT2D eigenvalue weighted by Crippen LogP contribution is 2.36. The first-order valence-corrected chi connectivity index (χ1v) is 12.8. The monoisotopic (exact) mass is 444 g/mol. The maximum atomic E-state index is 13.2. The molecule has 1 aliphatic heterocycles. The van der Waals surface area contributed by atoms with Crippen LogP contribution in [-0.4, -0.2) is 43.2 Å². The van der Waals surface area contributed by atoms with Crippen molar-refractivity contribution in [1.29, 1.82) is 0 Å². The molecule has 2 aliphatic rings. The number of carbonyl (C=O) groups excluding carboxylic acids is 1. The topological polar surface area (TPSA) is 57.7 Å². The Morgan fingerprint density at radius 3 is 2.70 bits per heavy atom. The molecule has 1 atom stereocenters. The van der Waals surface area contributed by atoms with E-state index in [4.69, 9.17) is 0 Å². The van der Waals surface area contributed by atoms with Gasteiger partial charge in [-0.15, -0.1) is 17.9 Å². The number of hydrogen-bond donors (Lipinski definition) is 0. The van der Waals surface area contributed by atoms with Crippen molar-refractivity contribution in [2.24, 2.45) is 0 Å². The van der Waals surface area contributed by atoms with Gasteiger partial charge in [-0.1, -0.05) is 36.8 Å². The highest BCUT2D eigenvalue weighted by atomic mass is 32.2. The standard InChI is InChI=1S/C23H28N2O3S2/c1-2-14-25(21-12-10-18-8-4-5-9-20(18)21)22(26)17-19-11-13-23(29-19)30(27,28)24-15-6-3-7-16-24/h2,4-5,8-9,11,13,21H,1,3,6-7,10,12,14-17H2/t21-/m0/s1. The van der Waals surface area contributed by atoms with Gasteiger partial charge in [-0.2, -0.15) is 4.31 Å². The Morgan fingerprint density at radius 1 is 1.17 bits per heavy atom. The molecular weight excluding hydrogens is 416 g/mol. The van der Waals surface area contributed by atoms with Gasteiger partial charge >= 0.3 is 0 Å². The molecule has 160 valence electrons. The zero-order valence-electron chi connectivity index (χ0n) is 17.1. The van der Waals surface area contributed by atoms with Crippen molar-refractivity contribution in [2.45, 2.75) is 48.8 Å². The van der Waals surface area contributed by atoms with Gasteiger partial charge in [0.25, 0.3) is 10.0 Å². The number of thiophene rings is 1. The summed E-state index contributed by atoms with van der Waals surface area (Å²) in [5.41, 5.74) is 2.52. The second-order valence-corrected chi connectivity index (χ2v) is 11.3. The summed E-state index contributed by atoms with van der Waals surface area (Å²) in [6.45, 7) is 5.49. The highest BCUT2D eigenvalue weighted by molar-refractivity contribution is 7.91. The van der Waals surface area contributed by atoms with E-state index in [0.717, 1.165) is 37.0 Å². The van der Waals surface area contributed by atoms with Gasteiger partial charge in [-0.3, -0.25) is 4.79 Å². The Hall–Kier alpha value is -1.96. The molecule has 30 heavy (non-hydrogen) atoms. The molecule has 2 aromatic rings. The number of amides is 1. The Balaban J connectivity index is 1.49. The number of sulfonamides is 1. The van der Waals surface area contributed by atoms with Crippen LogP contribution >= 0.6 is 11.3 Å². The molecule has 4 rings (SSSR count). The minimum absolute atomic E-state index is 0.0142. The molecule has 0 bridgehead atoms. The summed E-state index contributed by atoms with van der Waals surface area (Å²) in [5.74, 6) is 0.0142. The molecule has 1 amide bonds. The van der Waals surface area contributed by atoms with Gasteiger partial charge in [0.2, 0.25) is 5.91 Å². The predicted molar refractivity (Wildman–Crippen MR) is 120 cm³/mol. The molecule has 1 aromatic heterocycles. The van der Waals surface area contributed by atoms with E-state index in [9.17, 15) is 13.2 Å². The average molecular weight is 445 g/mol. The fraction of sp³-hybridized carbons (Fsp3) is 0.435. The second-order valence-electron chi connectivity index (χ2n) is 7.95. The number of rotatable bonds is 7. The van der Waals surface area contributed by atoms with Crippen molar-refractivity contribution >= 4 is 27.3 Å². The lowest BCUT2D eigenvalue weighted by Crippen LogP contribution is -2.35. The van der Waals surface area contributed by atoms with Crippen LogP contribution in [0.4, 0.5) is 0 Å². The first-order valence-electron chi connectivity index (χ1n) is 10.6. The molecule has 1 aromatic carbocycles. The molecular formula is C23H28N2O3S2. The first-order chi connectivity index (χ1) is 14.5. The number of carbonyl (C=O) groups is 1. The summed E-state index contributed by atoms with van der Waals surface area (Å²) in [7, 11) is -3.45. The van der Waals surface area contributed by atoms with Gasteiger partial charge in [0.1, 0.15) is 4.21 Å². The van der Waals surface area contributed by atoms with Crippen molar-refractivity contribution in [1.82, 2.24) is 9.21 Å². The van der Waals surface area contributed by atoms with E-state index in [2.05, 4.69) is 18.7 Å². The van der Waals surface area contributed by atoms with Crippen LogP contribution in [0.25, 0.3) is 0 Å². The molecule has 0 radical (unpaired) electrons. The van der Waals surface area contributed by atoms with Crippen molar-refractivity contribution in [3.8, 4) is 0 Å². The summed E-state index contributed by atoms with van der Waals surface area (Å²) in [5, 5.41) is 0. The minimum atomic E-state index is -3.45. The lowest BCUT2D eigenvalue weighted by Gasteiger charge is -2.29. The third-order valence-corrected chi connectivity index (χ3v) is 9.45. The minimum Gasteiger partial charge on any atom is -0.332 e. The molecule has 7 heteroatoms. The Kier molecular flexibility index (Phi) is 6.41. The SMILES string of the molecule is C=CCN(C(=O)Cc1ccc(S(=O)(=O)N2CCCCC2)s1)[C@H]1CCc2ccccc21. The summed E-state index contributed by atoms with van der Waals surface area (Å²) in [4.78, 5) is 15.9. The van der Waals surface area contributed by atoms with E-state index in [1.54, 1.807) is 22.5 Å². The van der Waals surface area contributed by atoms with Crippen LogP contribution in [0.2, 0.25) is 0 Å². The van der Waals surface area contributed by atoms with Crippen LogP contribution in [0, 0.1) is 0 Å². The third kappa shape index (κ3) is 4.24. The lowest BCUT2D eigenvalue weighted by atomic mass is 10.1. The Bertz CT molecular complexity index is 1020. The van der Waals surface area contributed by atoms with E-state index in [1.807, 2.05) is 17.0 Å². The number of nitrogens with zero attached hydrogens (tertiary/aromatic N) is 2. The molecule has 1 fully saturated rings. The molecule has 0 saturated carbocycles.